The fraction of sp³-hybridized carbons (Fsp3) is 0.273. The Morgan fingerprint density at radius 3 is 2.40 bits per heavy atom. The van der Waals surface area contributed by atoms with Crippen LogP contribution in [0.2, 0.25) is 0 Å². The predicted octanol–water partition coefficient (Wildman–Crippen LogP) is 4.99. The summed E-state index contributed by atoms with van der Waals surface area (Å²) in [6.07, 6.45) is 1.66. The number of benzene rings is 2. The third kappa shape index (κ3) is 3.41. The van der Waals surface area contributed by atoms with Crippen LogP contribution in [-0.4, -0.2) is 16.9 Å². The normalized spacial score (nSPS) is 12.1. The van der Waals surface area contributed by atoms with Gasteiger partial charge in [-0.3, -0.25) is 4.79 Å². The zero-order valence-corrected chi connectivity index (χ0v) is 15.0. The van der Waals surface area contributed by atoms with Crippen LogP contribution in [0.25, 0.3) is 22.2 Å². The number of pyridine rings is 1. The molecule has 0 aliphatic carbocycles. The Labute approximate surface area is 149 Å². The molecule has 0 aliphatic heterocycles. The van der Waals surface area contributed by atoms with E-state index in [0.29, 0.717) is 0 Å². The van der Waals surface area contributed by atoms with Crippen molar-refractivity contribution in [3.05, 3.63) is 65.7 Å². The molecule has 0 radical (unpaired) electrons. The lowest BCUT2D eigenvalue weighted by Gasteiger charge is -2.18. The van der Waals surface area contributed by atoms with Gasteiger partial charge in [0, 0.05) is 17.0 Å². The number of aromatic nitrogens is 1. The van der Waals surface area contributed by atoms with Gasteiger partial charge in [-0.1, -0.05) is 62.4 Å². The molecule has 0 aliphatic rings. The van der Waals surface area contributed by atoms with Crippen LogP contribution < -0.4 is 5.32 Å². The average molecular weight is 332 g/mol. The highest BCUT2D eigenvalue weighted by molar-refractivity contribution is 6.09. The Hall–Kier alpha value is -2.68. The highest BCUT2D eigenvalue weighted by Crippen LogP contribution is 2.30. The quantitative estimate of drug-likeness (QED) is 0.715. The third-order valence-electron chi connectivity index (χ3n) is 4.61. The Balaban J connectivity index is 2.27. The lowest BCUT2D eigenvalue weighted by Crippen LogP contribution is -2.33. The smallest absolute Gasteiger partial charge is 0.252 e. The van der Waals surface area contributed by atoms with Crippen LogP contribution in [0.3, 0.4) is 0 Å². The molecule has 3 rings (SSSR count). The monoisotopic (exact) mass is 332 g/mol. The second-order valence-corrected chi connectivity index (χ2v) is 6.33. The van der Waals surface area contributed by atoms with Crippen molar-refractivity contribution in [1.29, 1.82) is 0 Å². The predicted molar refractivity (Wildman–Crippen MR) is 104 cm³/mol. The Morgan fingerprint density at radius 2 is 1.72 bits per heavy atom. The highest BCUT2D eigenvalue weighted by atomic mass is 16.1. The van der Waals surface area contributed by atoms with Gasteiger partial charge in [-0.05, 0) is 31.4 Å². The molecule has 3 nitrogen and oxygen atoms in total. The minimum absolute atomic E-state index is 0.0121. The van der Waals surface area contributed by atoms with Gasteiger partial charge in [-0.15, -0.1) is 0 Å². The van der Waals surface area contributed by atoms with Gasteiger partial charge in [0.2, 0.25) is 0 Å². The number of hydrogen-bond donors (Lipinski definition) is 1. The summed E-state index contributed by atoms with van der Waals surface area (Å²) in [7, 11) is 0. The first kappa shape index (κ1) is 17.2. The van der Waals surface area contributed by atoms with E-state index in [0.717, 1.165) is 46.1 Å². The Bertz CT molecular complexity index is 887. The van der Waals surface area contributed by atoms with E-state index in [-0.39, 0.29) is 11.9 Å². The second-order valence-electron chi connectivity index (χ2n) is 6.33. The molecule has 1 heterocycles. The third-order valence-corrected chi connectivity index (χ3v) is 4.61. The molecule has 1 atom stereocenters. The van der Waals surface area contributed by atoms with Crippen LogP contribution in [-0.2, 0) is 6.42 Å². The maximum atomic E-state index is 13.1. The maximum absolute atomic E-state index is 13.1. The zero-order chi connectivity index (χ0) is 17.8. The largest absolute Gasteiger partial charge is 0.350 e. The molecule has 3 aromatic rings. The first-order chi connectivity index (χ1) is 12.2. The number of nitrogens with zero attached hydrogens (tertiary/aromatic N) is 1. The fourth-order valence-electron chi connectivity index (χ4n) is 3.09. The van der Waals surface area contributed by atoms with Gasteiger partial charge in [0.05, 0.1) is 16.8 Å². The molecule has 1 N–H and O–H groups in total. The molecule has 128 valence electrons. The van der Waals surface area contributed by atoms with Crippen molar-refractivity contribution < 1.29 is 4.79 Å². The standard InChI is InChI=1S/C22H24N2O/c1-4-15(3)23-22(25)20-17(5-2)21(16-11-7-6-8-12-16)24-19-14-10-9-13-18(19)20/h6-15H,4-5H2,1-3H3,(H,23,25)/t15-/m0/s1. The van der Waals surface area contributed by atoms with Crippen LogP contribution in [0, 0.1) is 0 Å². The lowest BCUT2D eigenvalue weighted by atomic mass is 9.94. The molecule has 0 spiro atoms. The van der Waals surface area contributed by atoms with Gasteiger partial charge in [-0.25, -0.2) is 4.98 Å². The van der Waals surface area contributed by atoms with Gasteiger partial charge in [0.25, 0.3) is 5.91 Å². The van der Waals surface area contributed by atoms with Crippen LogP contribution in [0.15, 0.2) is 54.6 Å². The molecule has 0 saturated carbocycles. The molecule has 1 aromatic heterocycles. The first-order valence-corrected chi connectivity index (χ1v) is 8.93. The van der Waals surface area contributed by atoms with Gasteiger partial charge in [0.15, 0.2) is 0 Å². The van der Waals surface area contributed by atoms with Gasteiger partial charge < -0.3 is 5.32 Å². The topological polar surface area (TPSA) is 42.0 Å². The molecule has 25 heavy (non-hydrogen) atoms. The van der Waals surface area contributed by atoms with E-state index in [1.54, 1.807) is 0 Å². The zero-order valence-electron chi connectivity index (χ0n) is 15.0. The van der Waals surface area contributed by atoms with Crippen molar-refractivity contribution in [3.63, 3.8) is 0 Å². The number of amides is 1. The van der Waals surface area contributed by atoms with Crippen LogP contribution >= 0.6 is 0 Å². The highest BCUT2D eigenvalue weighted by Gasteiger charge is 2.21. The number of carbonyl (C=O) groups excluding carboxylic acids is 1. The van der Waals surface area contributed by atoms with Crippen LogP contribution in [0.1, 0.15) is 43.1 Å². The number of carbonyl (C=O) groups is 1. The number of fused-ring (bicyclic) bond motifs is 1. The van der Waals surface area contributed by atoms with Gasteiger partial charge >= 0.3 is 0 Å². The molecule has 0 saturated heterocycles. The lowest BCUT2D eigenvalue weighted by molar-refractivity contribution is 0.0940. The fourth-order valence-corrected chi connectivity index (χ4v) is 3.09. The summed E-state index contributed by atoms with van der Waals surface area (Å²) < 4.78 is 0. The molecule has 3 heteroatoms. The number of nitrogens with one attached hydrogen (secondary N) is 1. The Kier molecular flexibility index (Phi) is 5.13. The average Bonchev–Trinajstić information content (AvgIpc) is 2.66. The molecule has 1 amide bonds. The van der Waals surface area contributed by atoms with Crippen molar-refractivity contribution in [2.75, 3.05) is 0 Å². The summed E-state index contributed by atoms with van der Waals surface area (Å²) >= 11 is 0. The van der Waals surface area contributed by atoms with E-state index in [9.17, 15) is 4.79 Å². The van der Waals surface area contributed by atoms with Gasteiger partial charge in [0.1, 0.15) is 0 Å². The number of para-hydroxylation sites is 1. The summed E-state index contributed by atoms with van der Waals surface area (Å²) in [6, 6.07) is 18.1. The van der Waals surface area contributed by atoms with E-state index < -0.39 is 0 Å². The minimum atomic E-state index is -0.0121. The van der Waals surface area contributed by atoms with E-state index in [1.165, 1.54) is 0 Å². The van der Waals surface area contributed by atoms with Crippen molar-refractivity contribution in [1.82, 2.24) is 10.3 Å². The second kappa shape index (κ2) is 7.47. The summed E-state index contributed by atoms with van der Waals surface area (Å²) in [5, 5.41) is 4.04. The van der Waals surface area contributed by atoms with E-state index >= 15 is 0 Å². The number of hydrogen-bond acceptors (Lipinski definition) is 2. The molecule has 0 bridgehead atoms. The summed E-state index contributed by atoms with van der Waals surface area (Å²) in [4.78, 5) is 17.9. The Morgan fingerprint density at radius 1 is 1.04 bits per heavy atom. The van der Waals surface area contributed by atoms with Crippen LogP contribution in [0.5, 0.6) is 0 Å². The van der Waals surface area contributed by atoms with E-state index in [1.807, 2.05) is 61.5 Å². The molecule has 2 aromatic carbocycles. The summed E-state index contributed by atoms with van der Waals surface area (Å²) in [5.74, 6) is -0.0121. The molecule has 0 fully saturated rings. The van der Waals surface area contributed by atoms with E-state index in [4.69, 9.17) is 4.98 Å². The SMILES string of the molecule is CCc1c(-c2ccccc2)nc2ccccc2c1C(=O)N[C@@H](C)CC. The van der Waals surface area contributed by atoms with Crippen molar-refractivity contribution in [2.24, 2.45) is 0 Å². The molecular formula is C22H24N2O. The van der Waals surface area contributed by atoms with Crippen molar-refractivity contribution in [3.8, 4) is 11.3 Å². The van der Waals surface area contributed by atoms with Crippen molar-refractivity contribution >= 4 is 16.8 Å². The molecule has 0 unspecified atom stereocenters. The molecular weight excluding hydrogens is 308 g/mol. The van der Waals surface area contributed by atoms with E-state index in [2.05, 4.69) is 19.2 Å². The van der Waals surface area contributed by atoms with Crippen LogP contribution in [0.4, 0.5) is 0 Å². The maximum Gasteiger partial charge on any atom is 0.252 e. The summed E-state index contributed by atoms with van der Waals surface area (Å²) in [6.45, 7) is 6.19. The van der Waals surface area contributed by atoms with Crippen molar-refractivity contribution in [2.45, 2.75) is 39.7 Å². The first-order valence-electron chi connectivity index (χ1n) is 8.93. The summed E-state index contributed by atoms with van der Waals surface area (Å²) in [5.41, 5.74) is 4.56. The number of rotatable bonds is 5. The van der Waals surface area contributed by atoms with Gasteiger partial charge in [-0.2, -0.15) is 0 Å². The minimum Gasteiger partial charge on any atom is -0.350 e.